The van der Waals surface area contributed by atoms with Gasteiger partial charge in [-0.3, -0.25) is 9.10 Å². The van der Waals surface area contributed by atoms with Gasteiger partial charge in [0.1, 0.15) is 0 Å². The lowest BCUT2D eigenvalue weighted by molar-refractivity contribution is -0.160. The molecule has 1 fully saturated rings. The molecule has 0 N–H and O–H groups in total. The van der Waals surface area contributed by atoms with Crippen molar-refractivity contribution in [1.29, 1.82) is 0 Å². The van der Waals surface area contributed by atoms with Gasteiger partial charge >= 0.3 is 24.2 Å². The van der Waals surface area contributed by atoms with E-state index in [0.717, 1.165) is 40.7 Å². The van der Waals surface area contributed by atoms with Gasteiger partial charge in [-0.05, 0) is 55.0 Å². The molecule has 8 nitrogen and oxygen atoms in total. The summed E-state index contributed by atoms with van der Waals surface area (Å²) in [5.74, 6) is -1.99. The normalized spacial score (nSPS) is 17.0. The Labute approximate surface area is 270 Å². The van der Waals surface area contributed by atoms with Crippen molar-refractivity contribution in [2.45, 2.75) is 30.2 Å². The zero-order valence-corrected chi connectivity index (χ0v) is 26.1. The first-order chi connectivity index (χ1) is 22.0. The Morgan fingerprint density at radius 2 is 1.64 bits per heavy atom. The highest BCUT2D eigenvalue weighted by Crippen LogP contribution is 2.42. The molecule has 2 heterocycles. The Balaban J connectivity index is 1.58. The molecule has 0 radical (unpaired) electrons. The number of carbonyl (C=O) groups excluding carboxylic acids is 2. The first-order valence-corrected chi connectivity index (χ1v) is 15.9. The first-order valence-electron chi connectivity index (χ1n) is 14.1. The SMILES string of the molecule is CCOC(=O)C(=O)N1CCN2c3ccc(/C=C/c4c(Cl)cccc4C(F)(F)F)cc3N(S(=O)(=O)c3cccc(C(F)(F)F)c3)C[C@@H]2C1. The molecule has 0 bridgehead atoms. The van der Waals surface area contributed by atoms with Crippen LogP contribution in [0.4, 0.5) is 37.7 Å². The van der Waals surface area contributed by atoms with Crippen molar-refractivity contribution in [3.8, 4) is 0 Å². The van der Waals surface area contributed by atoms with Gasteiger partial charge in [-0.25, -0.2) is 13.2 Å². The molecule has 2 aliphatic rings. The number of esters is 1. The minimum Gasteiger partial charge on any atom is -0.459 e. The molecule has 5 rings (SSSR count). The summed E-state index contributed by atoms with van der Waals surface area (Å²) >= 11 is 6.08. The van der Waals surface area contributed by atoms with Crippen molar-refractivity contribution in [1.82, 2.24) is 4.90 Å². The lowest BCUT2D eigenvalue weighted by atomic mass is 10.0. The van der Waals surface area contributed by atoms with E-state index >= 15 is 0 Å². The Bertz CT molecular complexity index is 1850. The van der Waals surface area contributed by atoms with E-state index in [9.17, 15) is 44.3 Å². The number of sulfonamides is 1. The van der Waals surface area contributed by atoms with E-state index in [-0.39, 0.29) is 54.6 Å². The number of halogens is 7. The minimum absolute atomic E-state index is 0.0326. The fourth-order valence-corrected chi connectivity index (χ4v) is 7.32. The van der Waals surface area contributed by atoms with E-state index in [1.54, 1.807) is 0 Å². The molecule has 250 valence electrons. The molecular weight excluding hydrogens is 676 g/mol. The molecule has 3 aromatic rings. The molecular formula is C31H26ClF6N3O5S. The third-order valence-electron chi connectivity index (χ3n) is 7.72. The number of amides is 1. The molecule has 1 amide bonds. The van der Waals surface area contributed by atoms with Gasteiger partial charge in [-0.2, -0.15) is 26.3 Å². The number of nitrogens with zero attached hydrogens (tertiary/aromatic N) is 3. The van der Waals surface area contributed by atoms with E-state index in [2.05, 4.69) is 0 Å². The summed E-state index contributed by atoms with van der Waals surface area (Å²) in [5.41, 5.74) is -1.79. The highest BCUT2D eigenvalue weighted by Gasteiger charge is 2.42. The van der Waals surface area contributed by atoms with Crippen molar-refractivity contribution < 1.29 is 49.1 Å². The molecule has 0 saturated carbocycles. The van der Waals surface area contributed by atoms with Crippen LogP contribution in [0.1, 0.15) is 29.2 Å². The zero-order valence-electron chi connectivity index (χ0n) is 24.5. The van der Waals surface area contributed by atoms with Gasteiger partial charge < -0.3 is 14.5 Å². The molecule has 0 unspecified atom stereocenters. The Morgan fingerprint density at radius 1 is 0.915 bits per heavy atom. The first kappa shape index (κ1) is 34.1. The molecule has 2 aliphatic heterocycles. The third-order valence-corrected chi connectivity index (χ3v) is 9.83. The molecule has 47 heavy (non-hydrogen) atoms. The maximum atomic E-state index is 14.0. The van der Waals surface area contributed by atoms with Crippen LogP contribution in [-0.4, -0.2) is 64.0 Å². The summed E-state index contributed by atoms with van der Waals surface area (Å²) < 4.78 is 115. The second-order valence-corrected chi connectivity index (χ2v) is 12.9. The van der Waals surface area contributed by atoms with Gasteiger partial charge in [0.2, 0.25) is 0 Å². The van der Waals surface area contributed by atoms with Crippen LogP contribution in [-0.2, 0) is 36.7 Å². The number of fused-ring (bicyclic) bond motifs is 3. The third kappa shape index (κ3) is 6.91. The van der Waals surface area contributed by atoms with E-state index < -0.39 is 56.3 Å². The van der Waals surface area contributed by atoms with Crippen LogP contribution in [0.2, 0.25) is 5.02 Å². The van der Waals surface area contributed by atoms with Gasteiger partial charge in [0.05, 0.1) is 46.6 Å². The lowest BCUT2D eigenvalue weighted by Crippen LogP contribution is -2.62. The monoisotopic (exact) mass is 701 g/mol. The quantitative estimate of drug-likeness (QED) is 0.134. The van der Waals surface area contributed by atoms with E-state index in [1.807, 2.05) is 4.90 Å². The van der Waals surface area contributed by atoms with Crippen LogP contribution < -0.4 is 9.21 Å². The molecule has 1 atom stereocenters. The van der Waals surface area contributed by atoms with Gasteiger partial charge in [0, 0.05) is 30.2 Å². The van der Waals surface area contributed by atoms with Crippen molar-refractivity contribution in [2.24, 2.45) is 0 Å². The number of benzene rings is 3. The number of rotatable bonds is 5. The summed E-state index contributed by atoms with van der Waals surface area (Å²) in [7, 11) is -4.67. The lowest BCUT2D eigenvalue weighted by Gasteiger charge is -2.48. The Morgan fingerprint density at radius 3 is 2.32 bits per heavy atom. The predicted octanol–water partition coefficient (Wildman–Crippen LogP) is 6.34. The molecule has 0 aromatic heterocycles. The van der Waals surface area contributed by atoms with Gasteiger partial charge in [-0.1, -0.05) is 42.0 Å². The molecule has 3 aromatic carbocycles. The van der Waals surface area contributed by atoms with Crippen molar-refractivity contribution >= 4 is 57.0 Å². The molecule has 1 saturated heterocycles. The highest BCUT2D eigenvalue weighted by atomic mass is 35.5. The van der Waals surface area contributed by atoms with Crippen LogP contribution in [0.3, 0.4) is 0 Å². The fourth-order valence-electron chi connectivity index (χ4n) is 5.53. The summed E-state index contributed by atoms with van der Waals surface area (Å²) in [6.07, 6.45) is -7.08. The summed E-state index contributed by atoms with van der Waals surface area (Å²) in [5, 5.41) is -0.166. The van der Waals surface area contributed by atoms with E-state index in [1.165, 1.54) is 42.2 Å². The standard InChI is InChI=1S/C31H26ClF6N3O5S/c1-2-46-29(43)28(42)39-13-14-40-21(17-39)18-41(47(44,45)22-6-3-5-20(16-22)30(33,34)35)27-15-19(10-12-26(27)40)9-11-23-24(31(36,37)38)7-4-8-25(23)32/h3-12,15-16,21H,2,13-14,17-18H2,1H3/b11-9+/t21-/m0/s1. The predicted molar refractivity (Wildman–Crippen MR) is 162 cm³/mol. The maximum absolute atomic E-state index is 14.0. The number of piperazine rings is 1. The van der Waals surface area contributed by atoms with Crippen LogP contribution in [0, 0.1) is 0 Å². The fraction of sp³-hybridized carbons (Fsp3) is 0.290. The van der Waals surface area contributed by atoms with Crippen molar-refractivity contribution in [3.63, 3.8) is 0 Å². The summed E-state index contributed by atoms with van der Waals surface area (Å²) in [6, 6.07) is 10.3. The number of alkyl halides is 6. The number of ether oxygens (including phenoxy) is 1. The van der Waals surface area contributed by atoms with Gasteiger partial charge in [0.25, 0.3) is 10.0 Å². The van der Waals surface area contributed by atoms with E-state index in [0.29, 0.717) is 11.8 Å². The van der Waals surface area contributed by atoms with Gasteiger partial charge in [-0.15, -0.1) is 0 Å². The average Bonchev–Trinajstić information content (AvgIpc) is 3.02. The second-order valence-electron chi connectivity index (χ2n) is 10.7. The topological polar surface area (TPSA) is 87.2 Å². The van der Waals surface area contributed by atoms with Crippen LogP contribution >= 0.6 is 11.6 Å². The van der Waals surface area contributed by atoms with Crippen molar-refractivity contribution in [2.75, 3.05) is 42.0 Å². The number of carbonyl (C=O) groups is 2. The van der Waals surface area contributed by atoms with Crippen LogP contribution in [0.5, 0.6) is 0 Å². The van der Waals surface area contributed by atoms with Gasteiger partial charge in [0.15, 0.2) is 0 Å². The zero-order chi connectivity index (χ0) is 34.3. The number of anilines is 2. The molecule has 0 aliphatic carbocycles. The minimum atomic E-state index is -4.83. The number of hydrogen-bond acceptors (Lipinski definition) is 6. The molecule has 16 heteroatoms. The summed E-state index contributed by atoms with van der Waals surface area (Å²) in [4.78, 5) is 27.2. The summed E-state index contributed by atoms with van der Waals surface area (Å²) in [6.45, 7) is 1.33. The molecule has 0 spiro atoms. The average molecular weight is 702 g/mol. The second kappa shape index (κ2) is 12.8. The smallest absolute Gasteiger partial charge is 0.417 e. The Hall–Kier alpha value is -4.24. The maximum Gasteiger partial charge on any atom is 0.417 e. The van der Waals surface area contributed by atoms with Crippen LogP contribution in [0.15, 0.2) is 65.6 Å². The van der Waals surface area contributed by atoms with Crippen molar-refractivity contribution in [3.05, 3.63) is 87.9 Å². The Kier molecular flexibility index (Phi) is 9.25. The van der Waals surface area contributed by atoms with Crippen LogP contribution in [0.25, 0.3) is 12.2 Å². The highest BCUT2D eigenvalue weighted by molar-refractivity contribution is 7.92. The largest absolute Gasteiger partial charge is 0.459 e. The number of hydrogen-bond donors (Lipinski definition) is 0. The van der Waals surface area contributed by atoms with E-state index in [4.69, 9.17) is 16.3 Å².